The number of nitrogens with zero attached hydrogens (tertiary/aromatic N) is 1. The van der Waals surface area contributed by atoms with Crippen molar-refractivity contribution in [2.45, 2.75) is 44.4 Å². The van der Waals surface area contributed by atoms with E-state index in [0.717, 1.165) is 23.5 Å². The van der Waals surface area contributed by atoms with Crippen LogP contribution >= 0.6 is 11.8 Å². The van der Waals surface area contributed by atoms with E-state index in [1.807, 2.05) is 6.92 Å². The number of thioether (sulfide) groups is 1. The highest BCUT2D eigenvalue weighted by molar-refractivity contribution is 8.00. The molecule has 134 valence electrons. The van der Waals surface area contributed by atoms with Gasteiger partial charge in [0, 0.05) is 30.2 Å². The first-order valence-corrected chi connectivity index (χ1v) is 9.76. The van der Waals surface area contributed by atoms with Crippen LogP contribution in [0.3, 0.4) is 0 Å². The Hall–Kier alpha value is -1.94. The Kier molecular flexibility index (Phi) is 7.38. The van der Waals surface area contributed by atoms with Crippen LogP contribution in [0.5, 0.6) is 0 Å². The highest BCUT2D eigenvalue weighted by Gasteiger charge is 2.14. The van der Waals surface area contributed by atoms with Crippen LogP contribution in [0.4, 0.5) is 5.69 Å². The number of nitrogens with one attached hydrogen (secondary N) is 1. The van der Waals surface area contributed by atoms with E-state index in [1.54, 1.807) is 11.8 Å². The van der Waals surface area contributed by atoms with Gasteiger partial charge in [-0.05, 0) is 57.5 Å². The standard InChI is InChI=1S/C21H28N2OS/c1-5-23(6-2)19-11-9-18(10-12-19)15-22-21(24)17(4)25-20-13-7-16(3)8-14-20/h7-14,17H,5-6,15H2,1-4H3,(H,22,24). The van der Waals surface area contributed by atoms with Crippen LogP contribution in [0.2, 0.25) is 0 Å². The highest BCUT2D eigenvalue weighted by Crippen LogP contribution is 2.23. The van der Waals surface area contributed by atoms with Crippen molar-refractivity contribution in [2.24, 2.45) is 0 Å². The van der Waals surface area contributed by atoms with Gasteiger partial charge >= 0.3 is 0 Å². The van der Waals surface area contributed by atoms with Crippen LogP contribution in [0.15, 0.2) is 53.4 Å². The number of amides is 1. The molecular weight excluding hydrogens is 328 g/mol. The summed E-state index contributed by atoms with van der Waals surface area (Å²) < 4.78 is 0. The van der Waals surface area contributed by atoms with Gasteiger partial charge in [-0.15, -0.1) is 11.8 Å². The van der Waals surface area contributed by atoms with Crippen LogP contribution in [-0.2, 0) is 11.3 Å². The van der Waals surface area contributed by atoms with Crippen molar-refractivity contribution >= 4 is 23.4 Å². The fourth-order valence-corrected chi connectivity index (χ4v) is 3.51. The number of carbonyl (C=O) groups excluding carboxylic acids is 1. The van der Waals surface area contributed by atoms with Gasteiger partial charge in [-0.25, -0.2) is 0 Å². The fraction of sp³-hybridized carbons (Fsp3) is 0.381. The summed E-state index contributed by atoms with van der Waals surface area (Å²) >= 11 is 1.59. The number of hydrogen-bond acceptors (Lipinski definition) is 3. The minimum atomic E-state index is -0.113. The number of rotatable bonds is 8. The Labute approximate surface area is 155 Å². The zero-order valence-electron chi connectivity index (χ0n) is 15.6. The summed E-state index contributed by atoms with van der Waals surface area (Å²) in [5.41, 5.74) is 3.58. The second-order valence-corrected chi connectivity index (χ2v) is 7.54. The number of anilines is 1. The second kappa shape index (κ2) is 9.52. The van der Waals surface area contributed by atoms with Gasteiger partial charge in [-0.2, -0.15) is 0 Å². The molecule has 2 rings (SSSR count). The summed E-state index contributed by atoms with van der Waals surface area (Å²) in [6.45, 7) is 10.9. The van der Waals surface area contributed by atoms with Gasteiger partial charge in [0.1, 0.15) is 0 Å². The van der Waals surface area contributed by atoms with E-state index in [1.165, 1.54) is 11.3 Å². The third kappa shape index (κ3) is 5.82. The molecule has 1 amide bonds. The lowest BCUT2D eigenvalue weighted by Gasteiger charge is -2.21. The molecule has 0 fully saturated rings. The van der Waals surface area contributed by atoms with Crippen LogP contribution in [0.1, 0.15) is 31.9 Å². The van der Waals surface area contributed by atoms with Gasteiger partial charge in [-0.1, -0.05) is 29.8 Å². The molecule has 2 aromatic carbocycles. The molecule has 3 nitrogen and oxygen atoms in total. The maximum Gasteiger partial charge on any atom is 0.233 e. The summed E-state index contributed by atoms with van der Waals surface area (Å²) in [6, 6.07) is 16.7. The topological polar surface area (TPSA) is 32.3 Å². The van der Waals surface area contributed by atoms with Crippen molar-refractivity contribution in [3.63, 3.8) is 0 Å². The predicted molar refractivity (Wildman–Crippen MR) is 108 cm³/mol. The van der Waals surface area contributed by atoms with Gasteiger partial charge in [0.25, 0.3) is 0 Å². The van der Waals surface area contributed by atoms with Crippen LogP contribution in [0, 0.1) is 6.92 Å². The van der Waals surface area contributed by atoms with E-state index in [-0.39, 0.29) is 11.2 Å². The predicted octanol–water partition coefficient (Wildman–Crippen LogP) is 4.64. The number of benzene rings is 2. The van der Waals surface area contributed by atoms with Crippen molar-refractivity contribution in [2.75, 3.05) is 18.0 Å². The molecule has 1 unspecified atom stereocenters. The van der Waals surface area contributed by atoms with E-state index in [0.29, 0.717) is 6.54 Å². The Balaban J connectivity index is 1.85. The summed E-state index contributed by atoms with van der Waals surface area (Å²) in [5.74, 6) is 0.0680. The number of hydrogen-bond donors (Lipinski definition) is 1. The molecule has 0 heterocycles. The molecule has 2 aromatic rings. The number of carbonyl (C=O) groups is 1. The molecule has 0 saturated heterocycles. The summed E-state index contributed by atoms with van der Waals surface area (Å²) in [7, 11) is 0. The Morgan fingerprint density at radius 1 is 1.04 bits per heavy atom. The molecule has 4 heteroatoms. The maximum atomic E-state index is 12.3. The fourth-order valence-electron chi connectivity index (χ4n) is 2.62. The Morgan fingerprint density at radius 3 is 2.20 bits per heavy atom. The van der Waals surface area contributed by atoms with Crippen molar-refractivity contribution in [1.82, 2.24) is 5.32 Å². The second-order valence-electron chi connectivity index (χ2n) is 6.13. The average molecular weight is 357 g/mol. The SMILES string of the molecule is CCN(CC)c1ccc(CNC(=O)C(C)Sc2ccc(C)cc2)cc1. The van der Waals surface area contributed by atoms with Gasteiger partial charge < -0.3 is 10.2 Å². The smallest absolute Gasteiger partial charge is 0.233 e. The maximum absolute atomic E-state index is 12.3. The van der Waals surface area contributed by atoms with Crippen molar-refractivity contribution in [3.8, 4) is 0 Å². The third-order valence-corrected chi connectivity index (χ3v) is 5.35. The normalized spacial score (nSPS) is 11.8. The molecule has 0 spiro atoms. The molecule has 1 N–H and O–H groups in total. The van der Waals surface area contributed by atoms with Gasteiger partial charge in [0.05, 0.1) is 5.25 Å². The minimum absolute atomic E-state index is 0.0680. The summed E-state index contributed by atoms with van der Waals surface area (Å²) in [6.07, 6.45) is 0. The van der Waals surface area contributed by atoms with E-state index in [2.05, 4.69) is 79.5 Å². The summed E-state index contributed by atoms with van der Waals surface area (Å²) in [5, 5.41) is 2.92. The first-order chi connectivity index (χ1) is 12.0. The van der Waals surface area contributed by atoms with E-state index in [9.17, 15) is 4.79 Å². The molecule has 0 bridgehead atoms. The van der Waals surface area contributed by atoms with Crippen molar-refractivity contribution in [1.29, 1.82) is 0 Å². The average Bonchev–Trinajstić information content (AvgIpc) is 2.63. The van der Waals surface area contributed by atoms with E-state index < -0.39 is 0 Å². The van der Waals surface area contributed by atoms with Crippen molar-refractivity contribution in [3.05, 3.63) is 59.7 Å². The van der Waals surface area contributed by atoms with Gasteiger partial charge in [-0.3, -0.25) is 4.79 Å². The summed E-state index contributed by atoms with van der Waals surface area (Å²) in [4.78, 5) is 15.7. The Morgan fingerprint density at radius 2 is 1.64 bits per heavy atom. The quantitative estimate of drug-likeness (QED) is 0.700. The van der Waals surface area contributed by atoms with Gasteiger partial charge in [0.2, 0.25) is 5.91 Å². The lowest BCUT2D eigenvalue weighted by molar-refractivity contribution is -0.120. The molecule has 0 saturated carbocycles. The molecule has 0 aromatic heterocycles. The van der Waals surface area contributed by atoms with Crippen LogP contribution in [-0.4, -0.2) is 24.2 Å². The third-order valence-electron chi connectivity index (χ3n) is 4.23. The molecular formula is C21H28N2OS. The molecule has 1 atom stereocenters. The largest absolute Gasteiger partial charge is 0.372 e. The van der Waals surface area contributed by atoms with Crippen molar-refractivity contribution < 1.29 is 4.79 Å². The lowest BCUT2D eigenvalue weighted by Crippen LogP contribution is -2.30. The first kappa shape index (κ1) is 19.4. The highest BCUT2D eigenvalue weighted by atomic mass is 32.2. The zero-order valence-corrected chi connectivity index (χ0v) is 16.4. The van der Waals surface area contributed by atoms with E-state index in [4.69, 9.17) is 0 Å². The lowest BCUT2D eigenvalue weighted by atomic mass is 10.2. The molecule has 25 heavy (non-hydrogen) atoms. The molecule has 0 radical (unpaired) electrons. The molecule has 0 aliphatic heterocycles. The van der Waals surface area contributed by atoms with Crippen LogP contribution < -0.4 is 10.2 Å². The minimum Gasteiger partial charge on any atom is -0.372 e. The monoisotopic (exact) mass is 356 g/mol. The van der Waals surface area contributed by atoms with Gasteiger partial charge in [0.15, 0.2) is 0 Å². The Bertz CT molecular complexity index is 663. The zero-order chi connectivity index (χ0) is 18.2. The van der Waals surface area contributed by atoms with E-state index >= 15 is 0 Å². The molecule has 0 aliphatic carbocycles. The first-order valence-electron chi connectivity index (χ1n) is 8.88. The number of aryl methyl sites for hydroxylation is 1. The molecule has 0 aliphatic rings. The van der Waals surface area contributed by atoms with Crippen LogP contribution in [0.25, 0.3) is 0 Å².